The predicted molar refractivity (Wildman–Crippen MR) is 81.5 cm³/mol. The summed E-state index contributed by atoms with van der Waals surface area (Å²) in [6.07, 6.45) is 2.36. The monoisotopic (exact) mass is 316 g/mol. The van der Waals surface area contributed by atoms with Crippen molar-refractivity contribution in [1.82, 2.24) is 0 Å². The van der Waals surface area contributed by atoms with E-state index in [1.54, 1.807) is 0 Å². The molecule has 0 spiro atoms. The zero-order valence-electron chi connectivity index (χ0n) is 11.0. The van der Waals surface area contributed by atoms with Gasteiger partial charge in [0.1, 0.15) is 12.4 Å². The quantitative estimate of drug-likeness (QED) is 0.793. The molecule has 0 radical (unpaired) electrons. The fourth-order valence-electron chi connectivity index (χ4n) is 2.69. The third kappa shape index (κ3) is 2.84. The summed E-state index contributed by atoms with van der Waals surface area (Å²) in [5.74, 6) is 1.71. The lowest BCUT2D eigenvalue weighted by atomic mass is 10.1. The summed E-state index contributed by atoms with van der Waals surface area (Å²) in [7, 11) is 0. The molecule has 1 atom stereocenters. The number of halogens is 1. The normalized spacial score (nSPS) is 17.3. The van der Waals surface area contributed by atoms with E-state index in [0.717, 1.165) is 16.1 Å². The predicted octanol–water partition coefficient (Wildman–Crippen LogP) is 4.76. The molecule has 0 saturated heterocycles. The van der Waals surface area contributed by atoms with Crippen molar-refractivity contribution in [2.24, 2.45) is 5.92 Å². The van der Waals surface area contributed by atoms with Crippen molar-refractivity contribution < 1.29 is 4.74 Å². The van der Waals surface area contributed by atoms with Gasteiger partial charge in [-0.2, -0.15) is 0 Å². The molecule has 0 fully saturated rings. The van der Waals surface area contributed by atoms with Crippen molar-refractivity contribution in [3.8, 4) is 5.75 Å². The van der Waals surface area contributed by atoms with E-state index in [9.17, 15) is 0 Å². The minimum absolute atomic E-state index is 0.619. The highest BCUT2D eigenvalue weighted by Crippen LogP contribution is 2.35. The van der Waals surface area contributed by atoms with E-state index in [1.807, 2.05) is 18.2 Å². The van der Waals surface area contributed by atoms with Crippen LogP contribution in [-0.4, -0.2) is 0 Å². The van der Waals surface area contributed by atoms with Crippen molar-refractivity contribution in [3.63, 3.8) is 0 Å². The molecule has 1 aliphatic carbocycles. The lowest BCUT2D eigenvalue weighted by Crippen LogP contribution is -1.97. The van der Waals surface area contributed by atoms with E-state index in [0.29, 0.717) is 6.61 Å². The smallest absolute Gasteiger partial charge is 0.134 e. The maximum atomic E-state index is 5.94. The summed E-state index contributed by atoms with van der Waals surface area (Å²) in [6.45, 7) is 2.92. The first-order chi connectivity index (χ1) is 9.22. The fraction of sp³-hybridized carbons (Fsp3) is 0.294. The fourth-order valence-corrected chi connectivity index (χ4v) is 3.19. The second-order valence-corrected chi connectivity index (χ2v) is 6.19. The summed E-state index contributed by atoms with van der Waals surface area (Å²) in [6, 6.07) is 14.7. The second kappa shape index (κ2) is 5.38. The number of rotatable bonds is 3. The Labute approximate surface area is 122 Å². The topological polar surface area (TPSA) is 9.23 Å². The number of hydrogen-bond acceptors (Lipinski definition) is 1. The van der Waals surface area contributed by atoms with Crippen molar-refractivity contribution in [2.45, 2.75) is 26.4 Å². The van der Waals surface area contributed by atoms with Gasteiger partial charge in [-0.15, -0.1) is 0 Å². The van der Waals surface area contributed by atoms with Gasteiger partial charge in [-0.3, -0.25) is 0 Å². The van der Waals surface area contributed by atoms with Gasteiger partial charge >= 0.3 is 0 Å². The van der Waals surface area contributed by atoms with Crippen molar-refractivity contribution >= 4 is 15.9 Å². The molecule has 2 aromatic rings. The summed E-state index contributed by atoms with van der Waals surface area (Å²) >= 11 is 3.62. The average molecular weight is 317 g/mol. The summed E-state index contributed by atoms with van der Waals surface area (Å²) in [5.41, 5.74) is 4.11. The lowest BCUT2D eigenvalue weighted by Gasteiger charge is -2.10. The Hall–Kier alpha value is -1.28. The Balaban J connectivity index is 1.77. The zero-order valence-corrected chi connectivity index (χ0v) is 12.6. The largest absolute Gasteiger partial charge is 0.488 e. The van der Waals surface area contributed by atoms with E-state index < -0.39 is 0 Å². The number of ether oxygens (including phenoxy) is 1. The summed E-state index contributed by atoms with van der Waals surface area (Å²) < 4.78 is 7.00. The maximum Gasteiger partial charge on any atom is 0.134 e. The molecular weight excluding hydrogens is 300 g/mol. The van der Waals surface area contributed by atoms with Crippen LogP contribution in [0.15, 0.2) is 46.9 Å². The molecule has 0 heterocycles. The van der Waals surface area contributed by atoms with Crippen LogP contribution in [-0.2, 0) is 19.4 Å². The SMILES string of the molecule is CC1Cc2cc(Br)c(OCc3ccccc3)cc2C1. The average Bonchev–Trinajstić information content (AvgIpc) is 2.76. The van der Waals surface area contributed by atoms with Crippen LogP contribution < -0.4 is 4.74 Å². The number of benzene rings is 2. The molecule has 0 aliphatic heterocycles. The highest BCUT2D eigenvalue weighted by atomic mass is 79.9. The van der Waals surface area contributed by atoms with Crippen LogP contribution in [0, 0.1) is 5.92 Å². The Kier molecular flexibility index (Phi) is 3.61. The minimum Gasteiger partial charge on any atom is -0.488 e. The van der Waals surface area contributed by atoms with Gasteiger partial charge in [0, 0.05) is 0 Å². The molecule has 2 heteroatoms. The Morgan fingerprint density at radius 1 is 1.11 bits per heavy atom. The van der Waals surface area contributed by atoms with Crippen molar-refractivity contribution in [2.75, 3.05) is 0 Å². The van der Waals surface area contributed by atoms with E-state index in [4.69, 9.17) is 4.74 Å². The molecule has 0 amide bonds. The van der Waals surface area contributed by atoms with Crippen molar-refractivity contribution in [3.05, 3.63) is 63.6 Å². The summed E-state index contributed by atoms with van der Waals surface area (Å²) in [4.78, 5) is 0. The van der Waals surface area contributed by atoms with Gasteiger partial charge in [-0.1, -0.05) is 37.3 Å². The van der Waals surface area contributed by atoms with Gasteiger partial charge in [0.25, 0.3) is 0 Å². The van der Waals surface area contributed by atoms with Crippen LogP contribution in [0.1, 0.15) is 23.6 Å². The first-order valence-electron chi connectivity index (χ1n) is 6.70. The van der Waals surface area contributed by atoms with Crippen LogP contribution in [0.4, 0.5) is 0 Å². The first-order valence-corrected chi connectivity index (χ1v) is 7.49. The van der Waals surface area contributed by atoms with E-state index >= 15 is 0 Å². The maximum absolute atomic E-state index is 5.94. The molecule has 0 bridgehead atoms. The van der Waals surface area contributed by atoms with E-state index in [1.165, 1.54) is 29.5 Å². The van der Waals surface area contributed by atoms with Crippen LogP contribution in [0.3, 0.4) is 0 Å². The van der Waals surface area contributed by atoms with Gasteiger partial charge in [0.2, 0.25) is 0 Å². The minimum atomic E-state index is 0.619. The molecular formula is C17H17BrO. The molecule has 19 heavy (non-hydrogen) atoms. The number of fused-ring (bicyclic) bond motifs is 1. The Morgan fingerprint density at radius 2 is 1.79 bits per heavy atom. The molecule has 0 aromatic heterocycles. The first kappa shape index (κ1) is 12.7. The van der Waals surface area contributed by atoms with Crippen LogP contribution >= 0.6 is 15.9 Å². The third-order valence-corrected chi connectivity index (χ3v) is 4.25. The Bertz CT molecular complexity index is 577. The van der Waals surface area contributed by atoms with Gasteiger partial charge in [-0.05, 0) is 63.5 Å². The second-order valence-electron chi connectivity index (χ2n) is 5.34. The molecule has 1 unspecified atom stereocenters. The van der Waals surface area contributed by atoms with Crippen LogP contribution in [0.5, 0.6) is 5.75 Å². The van der Waals surface area contributed by atoms with Crippen LogP contribution in [0.2, 0.25) is 0 Å². The Morgan fingerprint density at radius 3 is 2.53 bits per heavy atom. The van der Waals surface area contributed by atoms with Gasteiger partial charge in [0.15, 0.2) is 0 Å². The number of hydrogen-bond donors (Lipinski definition) is 0. The van der Waals surface area contributed by atoms with Crippen LogP contribution in [0.25, 0.3) is 0 Å². The molecule has 0 saturated carbocycles. The van der Waals surface area contributed by atoms with E-state index in [2.05, 4.69) is 47.1 Å². The van der Waals surface area contributed by atoms with Gasteiger partial charge in [-0.25, -0.2) is 0 Å². The molecule has 3 rings (SSSR count). The highest BCUT2D eigenvalue weighted by molar-refractivity contribution is 9.10. The highest BCUT2D eigenvalue weighted by Gasteiger charge is 2.19. The zero-order chi connectivity index (χ0) is 13.2. The standard InChI is InChI=1S/C17H17BrO/c1-12-7-14-9-16(18)17(10-15(14)8-12)19-11-13-5-3-2-4-6-13/h2-6,9-10,12H,7-8,11H2,1H3. The summed E-state index contributed by atoms with van der Waals surface area (Å²) in [5, 5.41) is 0. The molecule has 1 nitrogen and oxygen atoms in total. The van der Waals surface area contributed by atoms with Crippen molar-refractivity contribution in [1.29, 1.82) is 0 Å². The lowest BCUT2D eigenvalue weighted by molar-refractivity contribution is 0.304. The molecule has 1 aliphatic rings. The molecule has 98 valence electrons. The third-order valence-electron chi connectivity index (χ3n) is 3.63. The molecule has 0 N–H and O–H groups in total. The van der Waals surface area contributed by atoms with Gasteiger partial charge < -0.3 is 4.74 Å². The van der Waals surface area contributed by atoms with Gasteiger partial charge in [0.05, 0.1) is 4.47 Å². The van der Waals surface area contributed by atoms with E-state index in [-0.39, 0.29) is 0 Å². The molecule has 2 aromatic carbocycles.